The molecule has 1 unspecified atom stereocenters. The van der Waals surface area contributed by atoms with Crippen LogP contribution in [0.4, 0.5) is 4.39 Å². The topological polar surface area (TPSA) is 46.6 Å². The van der Waals surface area contributed by atoms with Crippen molar-refractivity contribution in [3.05, 3.63) is 65.5 Å². The van der Waals surface area contributed by atoms with Crippen LogP contribution in [-0.2, 0) is 0 Å². The highest BCUT2D eigenvalue weighted by atomic mass is 19.1. The molecule has 0 bridgehead atoms. The van der Waals surface area contributed by atoms with Crippen LogP contribution >= 0.6 is 0 Å². The summed E-state index contributed by atoms with van der Waals surface area (Å²) in [5, 5.41) is 0. The number of ketones is 1. The largest absolute Gasteiger partial charge is 0.490 e. The molecule has 2 aromatic carbocycles. The number of hydrogen-bond donors (Lipinski definition) is 0. The molecule has 1 amide bonds. The third-order valence-corrected chi connectivity index (χ3v) is 4.66. The fourth-order valence-electron chi connectivity index (χ4n) is 3.19. The molecule has 1 aliphatic heterocycles. The van der Waals surface area contributed by atoms with Gasteiger partial charge in [-0.3, -0.25) is 9.59 Å². The van der Waals surface area contributed by atoms with Gasteiger partial charge in [-0.15, -0.1) is 0 Å². The number of carbonyl (C=O) groups excluding carboxylic acids is 2. The van der Waals surface area contributed by atoms with Crippen molar-refractivity contribution in [1.82, 2.24) is 4.90 Å². The molecule has 4 nitrogen and oxygen atoms in total. The molecule has 1 heterocycles. The molecule has 26 heavy (non-hydrogen) atoms. The number of Topliss-reactive ketones (excluding diaryl/α,β-unsaturated/α-hetero) is 1. The molecule has 5 heteroatoms. The predicted octanol–water partition coefficient (Wildman–Crippen LogP) is 3.96. The quantitative estimate of drug-likeness (QED) is 0.763. The zero-order valence-corrected chi connectivity index (χ0v) is 14.8. The number of nitrogens with zero attached hydrogens (tertiary/aromatic N) is 1. The maximum atomic E-state index is 13.6. The maximum Gasteiger partial charge on any atom is 0.253 e. The second kappa shape index (κ2) is 8.13. The van der Waals surface area contributed by atoms with Gasteiger partial charge in [0.2, 0.25) is 0 Å². The van der Waals surface area contributed by atoms with Crippen LogP contribution in [0.2, 0.25) is 0 Å². The van der Waals surface area contributed by atoms with E-state index >= 15 is 0 Å². The summed E-state index contributed by atoms with van der Waals surface area (Å²) in [6, 6.07) is 13.1. The Balaban J connectivity index is 1.59. The molecule has 136 valence electrons. The molecule has 0 radical (unpaired) electrons. The van der Waals surface area contributed by atoms with Crippen LogP contribution in [-0.4, -0.2) is 36.3 Å². The Kier molecular flexibility index (Phi) is 5.66. The molecule has 2 aromatic rings. The lowest BCUT2D eigenvalue weighted by atomic mass is 9.98. The van der Waals surface area contributed by atoms with E-state index in [2.05, 4.69) is 0 Å². The van der Waals surface area contributed by atoms with Gasteiger partial charge in [-0.2, -0.15) is 0 Å². The van der Waals surface area contributed by atoms with Gasteiger partial charge in [-0.25, -0.2) is 4.39 Å². The summed E-state index contributed by atoms with van der Waals surface area (Å²) in [6.07, 6.45) is 1.84. The number of ether oxygens (including phenoxy) is 1. The monoisotopic (exact) mass is 355 g/mol. The average molecular weight is 355 g/mol. The van der Waals surface area contributed by atoms with Crippen LogP contribution < -0.4 is 4.74 Å². The van der Waals surface area contributed by atoms with Crippen LogP contribution in [0.3, 0.4) is 0 Å². The highest BCUT2D eigenvalue weighted by molar-refractivity contribution is 5.97. The number of benzene rings is 2. The number of piperidine rings is 1. The summed E-state index contributed by atoms with van der Waals surface area (Å²) < 4.78 is 19.2. The molecule has 0 aromatic heterocycles. The number of likely N-dealkylation sites (tertiary alicyclic amines) is 1. The van der Waals surface area contributed by atoms with E-state index in [0.717, 1.165) is 12.8 Å². The Morgan fingerprint density at radius 1 is 1.12 bits per heavy atom. The molecule has 1 atom stereocenters. The highest BCUT2D eigenvalue weighted by Gasteiger charge is 2.25. The Bertz CT molecular complexity index is 788. The molecular weight excluding hydrogens is 333 g/mol. The van der Waals surface area contributed by atoms with Crippen LogP contribution in [0, 0.1) is 11.7 Å². The lowest BCUT2D eigenvalue weighted by Crippen LogP contribution is -2.41. The number of halogens is 1. The van der Waals surface area contributed by atoms with Crippen LogP contribution in [0.1, 0.15) is 40.5 Å². The van der Waals surface area contributed by atoms with Crippen molar-refractivity contribution < 1.29 is 18.7 Å². The second-order valence-corrected chi connectivity index (χ2v) is 6.63. The van der Waals surface area contributed by atoms with Crippen LogP contribution in [0.25, 0.3) is 0 Å². The molecule has 0 saturated carbocycles. The average Bonchev–Trinajstić information content (AvgIpc) is 2.67. The first kappa shape index (κ1) is 18.1. The van der Waals surface area contributed by atoms with Gasteiger partial charge in [0.15, 0.2) is 17.3 Å². The van der Waals surface area contributed by atoms with Gasteiger partial charge >= 0.3 is 0 Å². The van der Waals surface area contributed by atoms with E-state index in [0.29, 0.717) is 30.8 Å². The third-order valence-electron chi connectivity index (χ3n) is 4.66. The number of para-hydroxylation sites is 1. The first-order chi connectivity index (χ1) is 12.5. The fourth-order valence-corrected chi connectivity index (χ4v) is 3.19. The van der Waals surface area contributed by atoms with Crippen molar-refractivity contribution in [2.45, 2.75) is 19.8 Å². The summed E-state index contributed by atoms with van der Waals surface area (Å²) in [4.78, 5) is 25.9. The van der Waals surface area contributed by atoms with Crippen LogP contribution in [0.15, 0.2) is 48.5 Å². The summed E-state index contributed by atoms with van der Waals surface area (Å²) in [6.45, 7) is 3.17. The second-order valence-electron chi connectivity index (χ2n) is 6.63. The van der Waals surface area contributed by atoms with Crippen molar-refractivity contribution in [2.24, 2.45) is 5.92 Å². The molecule has 1 fully saturated rings. The summed E-state index contributed by atoms with van der Waals surface area (Å²) in [5.74, 6) is -0.0237. The number of rotatable bonds is 5. The minimum Gasteiger partial charge on any atom is -0.490 e. The van der Waals surface area contributed by atoms with Gasteiger partial charge in [0, 0.05) is 30.1 Å². The first-order valence-corrected chi connectivity index (χ1v) is 8.82. The highest BCUT2D eigenvalue weighted by Crippen LogP contribution is 2.22. The summed E-state index contributed by atoms with van der Waals surface area (Å²) in [5.41, 5.74) is 1.17. The summed E-state index contributed by atoms with van der Waals surface area (Å²) in [7, 11) is 0. The van der Waals surface area contributed by atoms with E-state index in [1.165, 1.54) is 13.0 Å². The van der Waals surface area contributed by atoms with E-state index in [9.17, 15) is 14.0 Å². The SMILES string of the molecule is CC(=O)c1ccc(C(=O)N2CCCC(COc3ccccc3F)C2)cc1. The van der Waals surface area contributed by atoms with Crippen molar-refractivity contribution in [3.63, 3.8) is 0 Å². The minimum absolute atomic E-state index is 0.0210. The number of amides is 1. The number of carbonyl (C=O) groups is 2. The van der Waals surface area contributed by atoms with Gasteiger partial charge in [-0.1, -0.05) is 24.3 Å². The first-order valence-electron chi connectivity index (χ1n) is 8.82. The van der Waals surface area contributed by atoms with E-state index in [1.807, 2.05) is 4.90 Å². The predicted molar refractivity (Wildman–Crippen MR) is 97.0 cm³/mol. The normalized spacial score (nSPS) is 17.0. The fraction of sp³-hybridized carbons (Fsp3) is 0.333. The van der Waals surface area contributed by atoms with Gasteiger partial charge in [0.05, 0.1) is 6.61 Å². The van der Waals surface area contributed by atoms with Crippen molar-refractivity contribution >= 4 is 11.7 Å². The lowest BCUT2D eigenvalue weighted by molar-refractivity contribution is 0.0631. The summed E-state index contributed by atoms with van der Waals surface area (Å²) >= 11 is 0. The van der Waals surface area contributed by atoms with Crippen molar-refractivity contribution in [2.75, 3.05) is 19.7 Å². The van der Waals surface area contributed by atoms with Crippen LogP contribution in [0.5, 0.6) is 5.75 Å². The third kappa shape index (κ3) is 4.28. The Morgan fingerprint density at radius 2 is 1.81 bits per heavy atom. The molecule has 0 aliphatic carbocycles. The molecular formula is C21H22FNO3. The maximum absolute atomic E-state index is 13.6. The van der Waals surface area contributed by atoms with E-state index < -0.39 is 0 Å². The van der Waals surface area contributed by atoms with E-state index in [-0.39, 0.29) is 29.2 Å². The lowest BCUT2D eigenvalue weighted by Gasteiger charge is -2.32. The molecule has 0 spiro atoms. The smallest absolute Gasteiger partial charge is 0.253 e. The zero-order valence-electron chi connectivity index (χ0n) is 14.8. The van der Waals surface area contributed by atoms with E-state index in [1.54, 1.807) is 42.5 Å². The van der Waals surface area contributed by atoms with Crippen molar-refractivity contribution in [1.29, 1.82) is 0 Å². The Labute approximate surface area is 152 Å². The molecule has 0 N–H and O–H groups in total. The Hall–Kier alpha value is -2.69. The molecule has 3 rings (SSSR count). The van der Waals surface area contributed by atoms with E-state index in [4.69, 9.17) is 4.74 Å². The van der Waals surface area contributed by atoms with Crippen molar-refractivity contribution in [3.8, 4) is 5.75 Å². The van der Waals surface area contributed by atoms with Gasteiger partial charge < -0.3 is 9.64 Å². The molecule has 1 aliphatic rings. The van der Waals surface area contributed by atoms with Gasteiger partial charge in [0.1, 0.15) is 0 Å². The standard InChI is InChI=1S/C21H22FNO3/c1-15(24)17-8-10-18(11-9-17)21(25)23-12-4-5-16(13-23)14-26-20-7-3-2-6-19(20)22/h2-3,6-11,16H,4-5,12-14H2,1H3. The zero-order chi connectivity index (χ0) is 18.5. The van der Waals surface area contributed by atoms with Gasteiger partial charge in [-0.05, 0) is 44.0 Å². The molecule has 1 saturated heterocycles. The minimum atomic E-state index is -0.373. The Morgan fingerprint density at radius 3 is 2.50 bits per heavy atom. The number of hydrogen-bond acceptors (Lipinski definition) is 3. The van der Waals surface area contributed by atoms with Gasteiger partial charge in [0.25, 0.3) is 5.91 Å².